The van der Waals surface area contributed by atoms with Crippen molar-refractivity contribution in [1.82, 2.24) is 19.8 Å². The van der Waals surface area contributed by atoms with Gasteiger partial charge < -0.3 is 9.64 Å². The van der Waals surface area contributed by atoms with E-state index in [0.29, 0.717) is 6.54 Å². The zero-order valence-corrected chi connectivity index (χ0v) is 13.8. The average Bonchev–Trinajstić information content (AvgIpc) is 3.24. The number of ether oxygens (including phenoxy) is 1. The van der Waals surface area contributed by atoms with Gasteiger partial charge in [0.25, 0.3) is 0 Å². The van der Waals surface area contributed by atoms with Crippen molar-refractivity contribution >= 4 is 17.4 Å². The highest BCUT2D eigenvalue weighted by Crippen LogP contribution is 2.32. The summed E-state index contributed by atoms with van der Waals surface area (Å²) in [6, 6.07) is 4.02. The number of carbonyl (C=O) groups is 1. The lowest BCUT2D eigenvalue weighted by Crippen LogP contribution is -2.37. The van der Waals surface area contributed by atoms with Gasteiger partial charge in [-0.1, -0.05) is 6.07 Å². The zero-order chi connectivity index (χ0) is 15.9. The molecule has 0 bridgehead atoms. The van der Waals surface area contributed by atoms with Gasteiger partial charge in [0.05, 0.1) is 11.4 Å². The fourth-order valence-electron chi connectivity index (χ4n) is 3.29. The van der Waals surface area contributed by atoms with Crippen LogP contribution >= 0.6 is 11.3 Å². The van der Waals surface area contributed by atoms with Crippen molar-refractivity contribution in [3.63, 3.8) is 0 Å². The lowest BCUT2D eigenvalue weighted by atomic mass is 10.0. The van der Waals surface area contributed by atoms with Gasteiger partial charge in [-0.15, -0.1) is 11.3 Å². The second kappa shape index (κ2) is 5.58. The molecule has 1 atom stereocenters. The Morgan fingerprint density at radius 3 is 2.83 bits per heavy atom. The van der Waals surface area contributed by atoms with E-state index in [4.69, 9.17) is 4.74 Å². The van der Waals surface area contributed by atoms with Gasteiger partial charge in [-0.3, -0.25) is 4.90 Å². The minimum absolute atomic E-state index is 0.213. The van der Waals surface area contributed by atoms with Crippen LogP contribution in [0.2, 0.25) is 0 Å². The van der Waals surface area contributed by atoms with Crippen LogP contribution in [0, 0.1) is 0 Å². The van der Waals surface area contributed by atoms with Crippen LogP contribution in [0.15, 0.2) is 29.9 Å². The molecule has 2 fully saturated rings. The van der Waals surface area contributed by atoms with Crippen LogP contribution in [0.25, 0.3) is 10.7 Å². The van der Waals surface area contributed by atoms with E-state index in [1.54, 1.807) is 23.3 Å². The Balaban J connectivity index is 1.41. The molecule has 7 heteroatoms. The van der Waals surface area contributed by atoms with E-state index in [0.717, 1.165) is 42.3 Å². The third-order valence-corrected chi connectivity index (χ3v) is 5.26. The molecule has 4 rings (SSSR count). The summed E-state index contributed by atoms with van der Waals surface area (Å²) in [4.78, 5) is 25.6. The first-order valence-electron chi connectivity index (χ1n) is 7.65. The van der Waals surface area contributed by atoms with Gasteiger partial charge >= 0.3 is 6.09 Å². The molecular formula is C16H18N4O2S. The summed E-state index contributed by atoms with van der Waals surface area (Å²) < 4.78 is 5.57. The number of rotatable bonds is 3. The van der Waals surface area contributed by atoms with Crippen LogP contribution in [0.4, 0.5) is 4.79 Å². The minimum Gasteiger partial charge on any atom is -0.439 e. The predicted molar refractivity (Wildman–Crippen MR) is 87.1 cm³/mol. The van der Waals surface area contributed by atoms with Crippen molar-refractivity contribution in [2.45, 2.75) is 18.6 Å². The molecule has 2 saturated heterocycles. The normalized spacial score (nSPS) is 24.6. The third kappa shape index (κ3) is 2.82. The molecule has 0 aromatic carbocycles. The molecular weight excluding hydrogens is 312 g/mol. The predicted octanol–water partition coefficient (Wildman–Crippen LogP) is 2.23. The van der Waals surface area contributed by atoms with Crippen molar-refractivity contribution in [1.29, 1.82) is 0 Å². The van der Waals surface area contributed by atoms with Gasteiger partial charge in [0.15, 0.2) is 5.82 Å². The summed E-state index contributed by atoms with van der Waals surface area (Å²) in [7, 11) is 1.79. The molecule has 1 amide bonds. The molecule has 1 spiro atoms. The summed E-state index contributed by atoms with van der Waals surface area (Å²) in [6.07, 6.45) is 4.45. The van der Waals surface area contributed by atoms with Gasteiger partial charge in [-0.2, -0.15) is 0 Å². The summed E-state index contributed by atoms with van der Waals surface area (Å²) in [5.41, 5.74) is 0.754. The molecule has 120 valence electrons. The number of hydrogen-bond acceptors (Lipinski definition) is 6. The molecule has 2 aromatic rings. The molecule has 0 N–H and O–H groups in total. The van der Waals surface area contributed by atoms with Crippen LogP contribution < -0.4 is 0 Å². The topological polar surface area (TPSA) is 58.6 Å². The smallest absolute Gasteiger partial charge is 0.410 e. The number of carbonyl (C=O) groups excluding carboxylic acids is 1. The monoisotopic (exact) mass is 330 g/mol. The van der Waals surface area contributed by atoms with Crippen molar-refractivity contribution < 1.29 is 9.53 Å². The molecule has 0 radical (unpaired) electrons. The highest BCUT2D eigenvalue weighted by molar-refractivity contribution is 7.13. The lowest BCUT2D eigenvalue weighted by molar-refractivity contribution is 0.0627. The SMILES string of the molecule is CN1C[C@@]2(CCN(Cc3cnc(-c4cccs4)nc3)C2)OC1=O. The van der Waals surface area contributed by atoms with Crippen LogP contribution in [0.5, 0.6) is 0 Å². The third-order valence-electron chi connectivity index (χ3n) is 4.39. The first kappa shape index (κ1) is 14.6. The Labute approximate surface area is 138 Å². The molecule has 0 aliphatic carbocycles. The maximum Gasteiger partial charge on any atom is 0.410 e. The maximum absolute atomic E-state index is 11.6. The van der Waals surface area contributed by atoms with Gasteiger partial charge in [0, 0.05) is 51.1 Å². The van der Waals surface area contributed by atoms with E-state index in [9.17, 15) is 4.79 Å². The van der Waals surface area contributed by atoms with Crippen molar-refractivity contribution in [3.05, 3.63) is 35.5 Å². The largest absolute Gasteiger partial charge is 0.439 e. The molecule has 0 unspecified atom stereocenters. The molecule has 0 saturated carbocycles. The molecule has 2 aliphatic heterocycles. The van der Waals surface area contributed by atoms with Gasteiger partial charge in [0.2, 0.25) is 0 Å². The first-order valence-corrected chi connectivity index (χ1v) is 8.53. The second-order valence-electron chi connectivity index (χ2n) is 6.26. The van der Waals surface area contributed by atoms with Gasteiger partial charge in [0.1, 0.15) is 5.60 Å². The van der Waals surface area contributed by atoms with E-state index < -0.39 is 0 Å². The van der Waals surface area contributed by atoms with Gasteiger partial charge in [-0.05, 0) is 11.4 Å². The maximum atomic E-state index is 11.6. The average molecular weight is 330 g/mol. The van der Waals surface area contributed by atoms with Crippen LogP contribution in [0.3, 0.4) is 0 Å². The van der Waals surface area contributed by atoms with Crippen molar-refractivity contribution in [3.8, 4) is 10.7 Å². The lowest BCUT2D eigenvalue weighted by Gasteiger charge is -2.21. The van der Waals surface area contributed by atoms with Crippen molar-refractivity contribution in [2.24, 2.45) is 0 Å². The van der Waals surface area contributed by atoms with Crippen LogP contribution in [0.1, 0.15) is 12.0 Å². The molecule has 2 aliphatic rings. The number of likely N-dealkylation sites (tertiary alicyclic amines) is 1. The summed E-state index contributed by atoms with van der Waals surface area (Å²) >= 11 is 1.64. The summed E-state index contributed by atoms with van der Waals surface area (Å²) in [5.74, 6) is 0.771. The van der Waals surface area contributed by atoms with E-state index in [2.05, 4.69) is 14.9 Å². The van der Waals surface area contributed by atoms with Gasteiger partial charge in [-0.25, -0.2) is 14.8 Å². The number of aromatic nitrogens is 2. The molecule has 23 heavy (non-hydrogen) atoms. The number of hydrogen-bond donors (Lipinski definition) is 0. The van der Waals surface area contributed by atoms with Crippen molar-refractivity contribution in [2.75, 3.05) is 26.7 Å². The minimum atomic E-state index is -0.330. The van der Waals surface area contributed by atoms with E-state index in [-0.39, 0.29) is 11.7 Å². The Morgan fingerprint density at radius 1 is 1.35 bits per heavy atom. The van der Waals surface area contributed by atoms with E-state index >= 15 is 0 Å². The zero-order valence-electron chi connectivity index (χ0n) is 12.9. The summed E-state index contributed by atoms with van der Waals surface area (Å²) in [6.45, 7) is 3.16. The number of amides is 1. The fourth-order valence-corrected chi connectivity index (χ4v) is 3.97. The number of thiophene rings is 1. The summed E-state index contributed by atoms with van der Waals surface area (Å²) in [5, 5.41) is 2.02. The van der Waals surface area contributed by atoms with Crippen LogP contribution in [-0.4, -0.2) is 58.1 Å². The number of nitrogens with zero attached hydrogens (tertiary/aromatic N) is 4. The Morgan fingerprint density at radius 2 is 2.17 bits per heavy atom. The standard InChI is InChI=1S/C16H18N4O2S/c1-19-10-16(22-15(19)21)4-5-20(11-16)9-12-7-17-14(18-8-12)13-3-2-6-23-13/h2-3,6-8H,4-5,9-11H2,1H3/t16-/m1/s1. The van der Waals surface area contributed by atoms with Crippen LogP contribution in [-0.2, 0) is 11.3 Å². The Bertz CT molecular complexity index is 703. The molecule has 4 heterocycles. The second-order valence-corrected chi connectivity index (χ2v) is 7.21. The highest BCUT2D eigenvalue weighted by Gasteiger charge is 2.48. The Hall–Kier alpha value is -1.99. The fraction of sp³-hybridized carbons (Fsp3) is 0.438. The molecule has 6 nitrogen and oxygen atoms in total. The quantitative estimate of drug-likeness (QED) is 0.864. The van der Waals surface area contributed by atoms with E-state index in [1.165, 1.54) is 0 Å². The Kier molecular flexibility index (Phi) is 3.54. The highest BCUT2D eigenvalue weighted by atomic mass is 32.1. The molecule has 2 aromatic heterocycles. The number of likely N-dealkylation sites (N-methyl/N-ethyl adjacent to an activating group) is 1. The first-order chi connectivity index (χ1) is 11.1. The van der Waals surface area contributed by atoms with E-state index in [1.807, 2.05) is 29.9 Å².